The van der Waals surface area contributed by atoms with Gasteiger partial charge in [-0.2, -0.15) is 28.2 Å². The maximum atomic E-state index is 13.0. The normalized spacial score (nSPS) is 14.9. The number of hydrogen-bond acceptors (Lipinski definition) is 6. The first-order valence-corrected chi connectivity index (χ1v) is 9.04. The molecule has 0 unspecified atom stereocenters. The zero-order valence-corrected chi connectivity index (χ0v) is 15.9. The van der Waals surface area contributed by atoms with Gasteiger partial charge in [0.1, 0.15) is 5.82 Å². The molecule has 0 radical (unpaired) electrons. The van der Waals surface area contributed by atoms with Gasteiger partial charge in [-0.05, 0) is 29.8 Å². The van der Waals surface area contributed by atoms with Gasteiger partial charge in [0.15, 0.2) is 5.65 Å². The quantitative estimate of drug-likeness (QED) is 0.470. The van der Waals surface area contributed by atoms with E-state index in [9.17, 15) is 18.0 Å². The van der Waals surface area contributed by atoms with E-state index in [0.717, 1.165) is 12.1 Å². The molecule has 0 N–H and O–H groups in total. The second-order valence-electron chi connectivity index (χ2n) is 6.71. The fourth-order valence-corrected chi connectivity index (χ4v) is 3.46. The number of carbonyl (C=O) groups excluding carboxylic acids is 1. The third kappa shape index (κ3) is 3.71. The molecule has 1 aliphatic rings. The zero-order valence-electron chi connectivity index (χ0n) is 15.1. The molecule has 152 valence electrons. The van der Waals surface area contributed by atoms with Crippen molar-refractivity contribution in [2.24, 2.45) is 5.92 Å². The molecule has 0 saturated carbocycles. The summed E-state index contributed by atoms with van der Waals surface area (Å²) in [5, 5.41) is 4.71. The maximum Gasteiger partial charge on any atom is 0.416 e. The summed E-state index contributed by atoms with van der Waals surface area (Å²) >= 11 is 6.07. The van der Waals surface area contributed by atoms with Crippen LogP contribution in [0, 0.1) is 5.92 Å². The number of carbonyl (C=O) groups is 1. The Bertz CT molecular complexity index is 1080. The van der Waals surface area contributed by atoms with Crippen LogP contribution < -0.4 is 4.90 Å². The largest absolute Gasteiger partial charge is 0.469 e. The summed E-state index contributed by atoms with van der Waals surface area (Å²) < 4.78 is 45.1. The summed E-state index contributed by atoms with van der Waals surface area (Å²) in [6, 6.07) is 4.80. The Morgan fingerprint density at radius 2 is 2.07 bits per heavy atom. The predicted molar refractivity (Wildman–Crippen MR) is 99.0 cm³/mol. The van der Waals surface area contributed by atoms with Crippen LogP contribution in [0.4, 0.5) is 19.0 Å². The van der Waals surface area contributed by atoms with E-state index in [1.165, 1.54) is 30.1 Å². The number of hydrogen-bond donors (Lipinski definition) is 0. The van der Waals surface area contributed by atoms with Crippen molar-refractivity contribution in [3.8, 4) is 5.69 Å². The molecule has 29 heavy (non-hydrogen) atoms. The van der Waals surface area contributed by atoms with E-state index >= 15 is 0 Å². The first-order chi connectivity index (χ1) is 13.8. The molecule has 1 aromatic carbocycles. The molecular weight excluding hydrogens is 411 g/mol. The minimum absolute atomic E-state index is 0.0438. The van der Waals surface area contributed by atoms with Crippen LogP contribution in [0.3, 0.4) is 0 Å². The monoisotopic (exact) mass is 425 g/mol. The first kappa shape index (κ1) is 19.4. The zero-order chi connectivity index (χ0) is 20.8. The minimum Gasteiger partial charge on any atom is -0.469 e. The summed E-state index contributed by atoms with van der Waals surface area (Å²) in [5.41, 5.74) is -0.272. The van der Waals surface area contributed by atoms with Crippen molar-refractivity contribution < 1.29 is 22.7 Å². The van der Waals surface area contributed by atoms with E-state index in [2.05, 4.69) is 19.8 Å². The highest BCUT2D eigenvalue weighted by Crippen LogP contribution is 2.34. The highest BCUT2D eigenvalue weighted by molar-refractivity contribution is 6.28. The van der Waals surface area contributed by atoms with Crippen LogP contribution in [0.2, 0.25) is 5.28 Å². The van der Waals surface area contributed by atoms with E-state index in [0.29, 0.717) is 36.4 Å². The molecule has 3 heterocycles. The van der Waals surface area contributed by atoms with Gasteiger partial charge >= 0.3 is 12.1 Å². The third-order valence-electron chi connectivity index (χ3n) is 4.74. The average Bonchev–Trinajstić information content (AvgIpc) is 3.06. The molecule has 2 aromatic heterocycles. The van der Waals surface area contributed by atoms with Crippen LogP contribution in [0.5, 0.6) is 0 Å². The number of benzene rings is 1. The Morgan fingerprint density at radius 3 is 2.76 bits per heavy atom. The molecule has 7 nitrogen and oxygen atoms in total. The van der Waals surface area contributed by atoms with Gasteiger partial charge in [0.25, 0.3) is 0 Å². The smallest absolute Gasteiger partial charge is 0.416 e. The minimum atomic E-state index is -4.47. The molecule has 0 atom stereocenters. The highest BCUT2D eigenvalue weighted by atomic mass is 35.5. The maximum absolute atomic E-state index is 13.0. The second-order valence-corrected chi connectivity index (χ2v) is 7.05. The molecule has 1 fully saturated rings. The van der Waals surface area contributed by atoms with Gasteiger partial charge in [-0.15, -0.1) is 0 Å². The molecule has 0 spiro atoms. The van der Waals surface area contributed by atoms with Gasteiger partial charge in [0.2, 0.25) is 5.28 Å². The molecule has 0 amide bonds. The third-order valence-corrected chi connectivity index (χ3v) is 4.91. The lowest BCUT2D eigenvalue weighted by atomic mass is 9.96. The Balaban J connectivity index is 1.68. The summed E-state index contributed by atoms with van der Waals surface area (Å²) in [4.78, 5) is 21.7. The number of alkyl halides is 3. The Morgan fingerprint density at radius 1 is 1.31 bits per heavy atom. The van der Waals surface area contributed by atoms with Crippen LogP contribution in [0.15, 0.2) is 30.5 Å². The Labute approximate surface area is 168 Å². The SMILES string of the molecule is COC(=O)CC1CN(c2nc(Cl)nc3c2cnn3-c2cccc(C(F)(F)F)c2)C1. The van der Waals surface area contributed by atoms with E-state index in [1.54, 1.807) is 0 Å². The summed E-state index contributed by atoms with van der Waals surface area (Å²) in [6.45, 7) is 1.15. The average molecular weight is 426 g/mol. The molecule has 0 aliphatic carbocycles. The standard InChI is InChI=1S/C18H15ClF3N5O2/c1-29-14(28)5-10-8-26(9-10)15-13-7-23-27(16(13)25-17(19)24-15)12-4-2-3-11(6-12)18(20,21)22/h2-4,6-7,10H,5,8-9H2,1H3. The van der Waals surface area contributed by atoms with Crippen LogP contribution >= 0.6 is 11.6 Å². The fraction of sp³-hybridized carbons (Fsp3) is 0.333. The summed E-state index contributed by atoms with van der Waals surface area (Å²) in [7, 11) is 1.34. The van der Waals surface area contributed by atoms with Crippen molar-refractivity contribution in [1.82, 2.24) is 19.7 Å². The van der Waals surface area contributed by atoms with Crippen LogP contribution in [0.1, 0.15) is 12.0 Å². The number of methoxy groups -OCH3 is 1. The van der Waals surface area contributed by atoms with Crippen molar-refractivity contribution in [2.75, 3.05) is 25.1 Å². The number of rotatable bonds is 4. The van der Waals surface area contributed by atoms with E-state index in [4.69, 9.17) is 11.6 Å². The Hall–Kier alpha value is -2.88. The van der Waals surface area contributed by atoms with Gasteiger partial charge in [0.05, 0.1) is 36.4 Å². The molecule has 1 aliphatic heterocycles. The lowest BCUT2D eigenvalue weighted by Gasteiger charge is -2.39. The molecular formula is C18H15ClF3N5O2. The van der Waals surface area contributed by atoms with Gasteiger partial charge < -0.3 is 9.64 Å². The van der Waals surface area contributed by atoms with Gasteiger partial charge in [0, 0.05) is 19.0 Å². The van der Waals surface area contributed by atoms with Crippen LogP contribution in [-0.2, 0) is 15.7 Å². The summed E-state index contributed by atoms with van der Waals surface area (Å²) in [5.74, 6) is 0.377. The van der Waals surface area contributed by atoms with Gasteiger partial charge in [-0.25, -0.2) is 4.68 Å². The van der Waals surface area contributed by atoms with Crippen molar-refractivity contribution in [3.63, 3.8) is 0 Å². The predicted octanol–water partition coefficient (Wildman–Crippen LogP) is 3.49. The highest BCUT2D eigenvalue weighted by Gasteiger charge is 2.33. The second kappa shape index (κ2) is 7.18. The van der Waals surface area contributed by atoms with Crippen LogP contribution in [-0.4, -0.2) is 45.9 Å². The molecule has 0 bridgehead atoms. The number of ether oxygens (including phenoxy) is 1. The van der Waals surface area contributed by atoms with Crippen molar-refractivity contribution in [3.05, 3.63) is 41.3 Å². The van der Waals surface area contributed by atoms with E-state index < -0.39 is 11.7 Å². The molecule has 1 saturated heterocycles. The van der Waals surface area contributed by atoms with Crippen molar-refractivity contribution in [1.29, 1.82) is 0 Å². The van der Waals surface area contributed by atoms with Gasteiger partial charge in [-0.3, -0.25) is 4.79 Å². The molecule has 4 rings (SSSR count). The lowest BCUT2D eigenvalue weighted by molar-refractivity contribution is -0.142. The van der Waals surface area contributed by atoms with Crippen LogP contribution in [0.25, 0.3) is 16.7 Å². The topological polar surface area (TPSA) is 73.1 Å². The number of aromatic nitrogens is 4. The lowest BCUT2D eigenvalue weighted by Crippen LogP contribution is -2.48. The van der Waals surface area contributed by atoms with E-state index in [1.807, 2.05) is 4.90 Å². The summed E-state index contributed by atoms with van der Waals surface area (Å²) in [6.07, 6.45) is -2.67. The first-order valence-electron chi connectivity index (χ1n) is 8.67. The van der Waals surface area contributed by atoms with Gasteiger partial charge in [-0.1, -0.05) is 6.07 Å². The number of esters is 1. The van der Waals surface area contributed by atoms with Crippen molar-refractivity contribution >= 4 is 34.4 Å². The van der Waals surface area contributed by atoms with E-state index in [-0.39, 0.29) is 22.9 Å². The Kier molecular flexibility index (Phi) is 4.81. The molecule has 3 aromatic rings. The number of nitrogens with zero attached hydrogens (tertiary/aromatic N) is 5. The fourth-order valence-electron chi connectivity index (χ4n) is 3.30. The van der Waals surface area contributed by atoms with Crippen molar-refractivity contribution in [2.45, 2.75) is 12.6 Å². The number of halogens is 4. The number of fused-ring (bicyclic) bond motifs is 1. The number of anilines is 1. The molecule has 11 heteroatoms.